The molecule has 40 heavy (non-hydrogen) atoms. The maximum Gasteiger partial charge on any atom is 0.243 e. The predicted octanol–water partition coefficient (Wildman–Crippen LogP) is 3.00. The first kappa shape index (κ1) is 28.4. The first-order valence-corrected chi connectivity index (χ1v) is 15.4. The van der Waals surface area contributed by atoms with Gasteiger partial charge in [-0.1, -0.05) is 25.0 Å². The summed E-state index contributed by atoms with van der Waals surface area (Å²) in [7, 11) is 0. The SMILES string of the molecule is O=C1CCc2cccc(c2)OCCCC[C@@H](C(=O)NC2CCCC2)NC(=O)[C@H](CC(=O)N2CCCC2C2CC2)N1. The summed E-state index contributed by atoms with van der Waals surface area (Å²) in [6.07, 6.45) is 10.8. The monoisotopic (exact) mass is 552 g/mol. The first-order valence-electron chi connectivity index (χ1n) is 15.4. The summed E-state index contributed by atoms with van der Waals surface area (Å²) in [5.74, 6) is 0.267. The molecule has 2 heterocycles. The fourth-order valence-corrected chi connectivity index (χ4v) is 6.44. The number of likely N-dealkylation sites (tertiary alicyclic amines) is 1. The minimum atomic E-state index is -1.02. The highest BCUT2D eigenvalue weighted by Crippen LogP contribution is 2.40. The number of nitrogens with one attached hydrogen (secondary N) is 3. The number of nitrogens with zero attached hydrogens (tertiary/aromatic N) is 1. The van der Waals surface area contributed by atoms with E-state index in [2.05, 4.69) is 16.0 Å². The van der Waals surface area contributed by atoms with Crippen molar-refractivity contribution >= 4 is 23.6 Å². The number of aryl methyl sites for hydroxylation is 1. The summed E-state index contributed by atoms with van der Waals surface area (Å²) in [5, 5.41) is 8.87. The van der Waals surface area contributed by atoms with Gasteiger partial charge < -0.3 is 25.6 Å². The number of hydrogen-bond acceptors (Lipinski definition) is 5. The van der Waals surface area contributed by atoms with E-state index in [0.29, 0.717) is 38.3 Å². The summed E-state index contributed by atoms with van der Waals surface area (Å²) < 4.78 is 5.91. The van der Waals surface area contributed by atoms with Crippen LogP contribution in [0.15, 0.2) is 24.3 Å². The third-order valence-electron chi connectivity index (χ3n) is 8.85. The Bertz CT molecular complexity index is 1070. The van der Waals surface area contributed by atoms with Crippen molar-refractivity contribution in [3.63, 3.8) is 0 Å². The molecule has 2 bridgehead atoms. The highest BCUT2D eigenvalue weighted by molar-refractivity contribution is 5.95. The lowest BCUT2D eigenvalue weighted by Crippen LogP contribution is -2.56. The van der Waals surface area contributed by atoms with Crippen LogP contribution in [0.25, 0.3) is 0 Å². The average molecular weight is 553 g/mol. The second kappa shape index (κ2) is 13.5. The van der Waals surface area contributed by atoms with E-state index in [4.69, 9.17) is 4.74 Å². The van der Waals surface area contributed by atoms with Crippen molar-refractivity contribution in [1.29, 1.82) is 0 Å². The van der Waals surface area contributed by atoms with Gasteiger partial charge in [-0.3, -0.25) is 19.2 Å². The number of hydrogen-bond donors (Lipinski definition) is 3. The molecule has 9 nitrogen and oxygen atoms in total. The number of carbonyl (C=O) groups is 4. The molecule has 1 saturated heterocycles. The molecule has 2 saturated carbocycles. The van der Waals surface area contributed by atoms with Gasteiger partial charge in [-0.2, -0.15) is 0 Å². The Morgan fingerprint density at radius 3 is 2.52 bits per heavy atom. The van der Waals surface area contributed by atoms with Crippen molar-refractivity contribution in [1.82, 2.24) is 20.9 Å². The Hall–Kier alpha value is -3.10. The van der Waals surface area contributed by atoms with Crippen LogP contribution >= 0.6 is 0 Å². The molecule has 3 N–H and O–H groups in total. The zero-order chi connectivity index (χ0) is 27.9. The molecule has 2 aliphatic heterocycles. The van der Waals surface area contributed by atoms with E-state index in [1.54, 1.807) is 0 Å². The van der Waals surface area contributed by atoms with E-state index in [0.717, 1.165) is 69.1 Å². The highest BCUT2D eigenvalue weighted by Gasteiger charge is 2.41. The Balaban J connectivity index is 1.31. The largest absolute Gasteiger partial charge is 0.494 e. The Kier molecular flexibility index (Phi) is 9.60. The smallest absolute Gasteiger partial charge is 0.243 e. The van der Waals surface area contributed by atoms with E-state index < -0.39 is 18.0 Å². The van der Waals surface area contributed by atoms with Crippen LogP contribution in [0, 0.1) is 5.92 Å². The normalized spacial score (nSPS) is 27.0. The van der Waals surface area contributed by atoms with E-state index in [1.165, 1.54) is 0 Å². The second-order valence-corrected chi connectivity index (χ2v) is 12.0. The van der Waals surface area contributed by atoms with Gasteiger partial charge in [0.15, 0.2) is 0 Å². The molecule has 218 valence electrons. The van der Waals surface area contributed by atoms with Gasteiger partial charge in [0, 0.05) is 25.0 Å². The van der Waals surface area contributed by atoms with Crippen LogP contribution in [0.4, 0.5) is 0 Å². The predicted molar refractivity (Wildman–Crippen MR) is 150 cm³/mol. The topological polar surface area (TPSA) is 117 Å². The Morgan fingerprint density at radius 1 is 0.925 bits per heavy atom. The van der Waals surface area contributed by atoms with E-state index >= 15 is 0 Å². The van der Waals surface area contributed by atoms with Crippen LogP contribution < -0.4 is 20.7 Å². The average Bonchev–Trinajstić information content (AvgIpc) is 3.43. The Morgan fingerprint density at radius 2 is 1.73 bits per heavy atom. The van der Waals surface area contributed by atoms with Crippen LogP contribution in [0.3, 0.4) is 0 Å². The summed E-state index contributed by atoms with van der Waals surface area (Å²) in [4.78, 5) is 55.3. The molecule has 3 fully saturated rings. The lowest BCUT2D eigenvalue weighted by atomic mass is 10.0. The molecule has 0 spiro atoms. The van der Waals surface area contributed by atoms with Gasteiger partial charge in [0.2, 0.25) is 23.6 Å². The van der Waals surface area contributed by atoms with E-state index in [9.17, 15) is 19.2 Å². The van der Waals surface area contributed by atoms with Crippen LogP contribution in [0.5, 0.6) is 5.75 Å². The minimum Gasteiger partial charge on any atom is -0.494 e. The second-order valence-electron chi connectivity index (χ2n) is 12.0. The standard InChI is InChI=1S/C31H44N4O5/c36-28-16-13-21-7-5-10-24(19-21)40-18-4-3-11-25(30(38)32-23-8-1-2-9-23)34-31(39)26(33-28)20-29(37)35-17-6-12-27(35)22-14-15-22/h5,7,10,19,22-23,25-27H,1-4,6,8-9,11-18,20H2,(H,32,38)(H,33,36)(H,34,39)/t25-,26-,27?/m0/s1. The molecule has 2 aliphatic carbocycles. The summed E-state index contributed by atoms with van der Waals surface area (Å²) in [6.45, 7) is 1.21. The first-order chi connectivity index (χ1) is 19.5. The summed E-state index contributed by atoms with van der Waals surface area (Å²) >= 11 is 0. The van der Waals surface area contributed by atoms with Crippen molar-refractivity contribution in [2.75, 3.05) is 13.2 Å². The molecule has 3 atom stereocenters. The lowest BCUT2D eigenvalue weighted by Gasteiger charge is -2.28. The highest BCUT2D eigenvalue weighted by atomic mass is 16.5. The number of carbonyl (C=O) groups excluding carboxylic acids is 4. The minimum absolute atomic E-state index is 0.0961. The maximum atomic E-state index is 13.6. The van der Waals surface area contributed by atoms with Crippen molar-refractivity contribution in [2.24, 2.45) is 5.92 Å². The van der Waals surface area contributed by atoms with Crippen LogP contribution in [-0.4, -0.2) is 65.8 Å². The van der Waals surface area contributed by atoms with Crippen molar-refractivity contribution < 1.29 is 23.9 Å². The third kappa shape index (κ3) is 7.76. The molecule has 9 heteroatoms. The van der Waals surface area contributed by atoms with Gasteiger partial charge in [0.25, 0.3) is 0 Å². The molecule has 0 radical (unpaired) electrons. The summed E-state index contributed by atoms with van der Waals surface area (Å²) in [6, 6.07) is 6.33. The van der Waals surface area contributed by atoms with Gasteiger partial charge >= 0.3 is 0 Å². The van der Waals surface area contributed by atoms with Gasteiger partial charge in [-0.15, -0.1) is 0 Å². The zero-order valence-corrected chi connectivity index (χ0v) is 23.5. The Labute approximate surface area is 237 Å². The van der Waals surface area contributed by atoms with Gasteiger partial charge in [-0.25, -0.2) is 0 Å². The quantitative estimate of drug-likeness (QED) is 0.519. The number of ether oxygens (including phenoxy) is 1. The van der Waals surface area contributed by atoms with Crippen molar-refractivity contribution in [2.45, 2.75) is 114 Å². The molecule has 1 unspecified atom stereocenters. The van der Waals surface area contributed by atoms with E-state index in [-0.39, 0.29) is 42.6 Å². The molecular weight excluding hydrogens is 508 g/mol. The summed E-state index contributed by atoms with van der Waals surface area (Å²) in [5.41, 5.74) is 0.977. The van der Waals surface area contributed by atoms with Gasteiger partial charge in [-0.05, 0) is 87.8 Å². The molecule has 0 aromatic heterocycles. The zero-order valence-electron chi connectivity index (χ0n) is 23.5. The lowest BCUT2D eigenvalue weighted by molar-refractivity contribution is -0.138. The van der Waals surface area contributed by atoms with Gasteiger partial charge in [0.05, 0.1) is 13.0 Å². The molecule has 1 aromatic carbocycles. The van der Waals surface area contributed by atoms with Crippen molar-refractivity contribution in [3.05, 3.63) is 29.8 Å². The molecule has 5 rings (SSSR count). The molecule has 4 aliphatic rings. The van der Waals surface area contributed by atoms with Crippen LogP contribution in [0.1, 0.15) is 89.0 Å². The number of rotatable bonds is 5. The number of benzene rings is 1. The number of amides is 4. The maximum absolute atomic E-state index is 13.6. The van der Waals surface area contributed by atoms with Crippen LogP contribution in [0.2, 0.25) is 0 Å². The van der Waals surface area contributed by atoms with Crippen molar-refractivity contribution in [3.8, 4) is 5.75 Å². The molecule has 4 amide bonds. The molecule has 1 aromatic rings. The third-order valence-corrected chi connectivity index (χ3v) is 8.85. The molecular formula is C31H44N4O5. The fourth-order valence-electron chi connectivity index (χ4n) is 6.44. The van der Waals surface area contributed by atoms with E-state index in [1.807, 2.05) is 29.2 Å². The number of fused-ring (bicyclic) bond motifs is 2. The van der Waals surface area contributed by atoms with Crippen LogP contribution in [-0.2, 0) is 25.6 Å². The fraction of sp³-hybridized carbons (Fsp3) is 0.677. The van der Waals surface area contributed by atoms with Gasteiger partial charge in [0.1, 0.15) is 17.8 Å².